The van der Waals surface area contributed by atoms with Crippen LogP contribution in [-0.2, 0) is 0 Å². The van der Waals surface area contributed by atoms with Crippen molar-refractivity contribution >= 4 is 33.4 Å². The quantitative estimate of drug-likeness (QED) is 0.813. The van der Waals surface area contributed by atoms with Crippen molar-refractivity contribution in [3.05, 3.63) is 33.3 Å². The van der Waals surface area contributed by atoms with Gasteiger partial charge in [-0.05, 0) is 73.0 Å². The lowest BCUT2D eigenvalue weighted by molar-refractivity contribution is 0.0950. The highest BCUT2D eigenvalue weighted by Gasteiger charge is 2.11. The lowest BCUT2D eigenvalue weighted by Crippen LogP contribution is -2.33. The second-order valence-electron chi connectivity index (χ2n) is 5.14. The molecule has 0 radical (unpaired) electrons. The van der Waals surface area contributed by atoms with E-state index in [0.29, 0.717) is 17.1 Å². The Kier molecular flexibility index (Phi) is 6.33. The molecule has 110 valence electrons. The number of halogens is 2. The van der Waals surface area contributed by atoms with Crippen LogP contribution in [0.2, 0.25) is 5.02 Å². The van der Waals surface area contributed by atoms with Gasteiger partial charge in [-0.2, -0.15) is 0 Å². The summed E-state index contributed by atoms with van der Waals surface area (Å²) in [5.74, 6) is -0.0713. The van der Waals surface area contributed by atoms with Gasteiger partial charge in [0.15, 0.2) is 0 Å². The zero-order chi connectivity index (χ0) is 14.4. The molecule has 1 aromatic rings. The van der Waals surface area contributed by atoms with Crippen LogP contribution in [0.15, 0.2) is 22.7 Å². The summed E-state index contributed by atoms with van der Waals surface area (Å²) < 4.78 is 0.774. The highest BCUT2D eigenvalue weighted by Crippen LogP contribution is 2.21. The van der Waals surface area contributed by atoms with E-state index < -0.39 is 0 Å². The van der Waals surface area contributed by atoms with E-state index in [9.17, 15) is 4.79 Å². The van der Waals surface area contributed by atoms with E-state index >= 15 is 0 Å². The van der Waals surface area contributed by atoms with Crippen LogP contribution in [0.4, 0.5) is 0 Å². The van der Waals surface area contributed by atoms with E-state index in [-0.39, 0.29) is 5.91 Å². The highest BCUT2D eigenvalue weighted by molar-refractivity contribution is 9.10. The van der Waals surface area contributed by atoms with Crippen LogP contribution in [0, 0.1) is 0 Å². The van der Waals surface area contributed by atoms with Gasteiger partial charge in [-0.3, -0.25) is 4.79 Å². The fraction of sp³-hybridized carbons (Fsp3) is 0.533. The molecule has 1 aliphatic heterocycles. The average Bonchev–Trinajstić information content (AvgIpc) is 2.47. The Balaban J connectivity index is 1.73. The SMILES string of the molecule is O=C(NCCCN1CCCCC1)c1cc(Cl)ccc1Br. The third kappa shape index (κ3) is 4.76. The standard InChI is InChI=1S/C15H20BrClN2O/c16-14-6-5-12(17)11-13(14)15(20)18-7-4-10-19-8-2-1-3-9-19/h5-6,11H,1-4,7-10H2,(H,18,20). The predicted molar refractivity (Wildman–Crippen MR) is 86.4 cm³/mol. The Morgan fingerprint density at radius 2 is 2.05 bits per heavy atom. The third-order valence-electron chi connectivity index (χ3n) is 3.56. The molecule has 3 nitrogen and oxygen atoms in total. The monoisotopic (exact) mass is 358 g/mol. The minimum atomic E-state index is -0.0713. The van der Waals surface area contributed by atoms with Crippen molar-refractivity contribution in [1.82, 2.24) is 10.2 Å². The highest BCUT2D eigenvalue weighted by atomic mass is 79.9. The van der Waals surface area contributed by atoms with Crippen LogP contribution < -0.4 is 5.32 Å². The normalized spacial score (nSPS) is 16.1. The lowest BCUT2D eigenvalue weighted by Gasteiger charge is -2.26. The van der Waals surface area contributed by atoms with Crippen LogP contribution in [0.3, 0.4) is 0 Å². The summed E-state index contributed by atoms with van der Waals surface area (Å²) in [6.45, 7) is 4.17. The minimum absolute atomic E-state index is 0.0713. The second kappa shape index (κ2) is 8.01. The van der Waals surface area contributed by atoms with Gasteiger partial charge in [-0.15, -0.1) is 0 Å². The first-order chi connectivity index (χ1) is 9.66. The summed E-state index contributed by atoms with van der Waals surface area (Å²) >= 11 is 9.29. The third-order valence-corrected chi connectivity index (χ3v) is 4.48. The number of piperidine rings is 1. The number of benzene rings is 1. The number of carbonyl (C=O) groups excluding carboxylic acids is 1. The van der Waals surface area contributed by atoms with Crippen LogP contribution >= 0.6 is 27.5 Å². The first-order valence-corrected chi connectivity index (χ1v) is 8.29. The van der Waals surface area contributed by atoms with Crippen molar-refractivity contribution in [3.8, 4) is 0 Å². The van der Waals surface area contributed by atoms with E-state index in [1.165, 1.54) is 32.4 Å². The van der Waals surface area contributed by atoms with E-state index in [2.05, 4.69) is 26.1 Å². The van der Waals surface area contributed by atoms with E-state index in [4.69, 9.17) is 11.6 Å². The first-order valence-electron chi connectivity index (χ1n) is 7.12. The fourth-order valence-electron chi connectivity index (χ4n) is 2.45. The molecular formula is C15H20BrClN2O. The molecule has 0 unspecified atom stereocenters. The number of hydrogen-bond acceptors (Lipinski definition) is 2. The van der Waals surface area contributed by atoms with Crippen molar-refractivity contribution in [2.24, 2.45) is 0 Å². The van der Waals surface area contributed by atoms with Gasteiger partial charge in [0.1, 0.15) is 0 Å². The maximum absolute atomic E-state index is 12.1. The van der Waals surface area contributed by atoms with Gasteiger partial charge < -0.3 is 10.2 Å². The van der Waals surface area contributed by atoms with E-state index in [1.807, 2.05) is 0 Å². The topological polar surface area (TPSA) is 32.3 Å². The molecule has 1 aromatic carbocycles. The second-order valence-corrected chi connectivity index (χ2v) is 6.43. The minimum Gasteiger partial charge on any atom is -0.352 e. The zero-order valence-corrected chi connectivity index (χ0v) is 13.8. The molecule has 0 spiro atoms. The maximum atomic E-state index is 12.1. The predicted octanol–water partition coefficient (Wildman–Crippen LogP) is 3.71. The molecule has 2 rings (SSSR count). The van der Waals surface area contributed by atoms with Crippen LogP contribution in [-0.4, -0.2) is 37.0 Å². The molecule has 20 heavy (non-hydrogen) atoms. The van der Waals surface area contributed by atoms with Gasteiger partial charge in [0.25, 0.3) is 5.91 Å². The van der Waals surface area contributed by atoms with Gasteiger partial charge in [-0.25, -0.2) is 0 Å². The molecule has 0 aliphatic carbocycles. The zero-order valence-electron chi connectivity index (χ0n) is 11.5. The molecule has 1 fully saturated rings. The number of likely N-dealkylation sites (tertiary alicyclic amines) is 1. The number of hydrogen-bond donors (Lipinski definition) is 1. The van der Waals surface area contributed by atoms with Crippen LogP contribution in [0.5, 0.6) is 0 Å². The van der Waals surface area contributed by atoms with Crippen molar-refractivity contribution in [2.45, 2.75) is 25.7 Å². The smallest absolute Gasteiger partial charge is 0.252 e. The van der Waals surface area contributed by atoms with Crippen molar-refractivity contribution in [1.29, 1.82) is 0 Å². The molecule has 1 aliphatic rings. The molecular weight excluding hydrogens is 340 g/mol. The summed E-state index contributed by atoms with van der Waals surface area (Å²) in [6.07, 6.45) is 4.96. The van der Waals surface area contributed by atoms with E-state index in [1.54, 1.807) is 18.2 Å². The van der Waals surface area contributed by atoms with Gasteiger partial charge in [0.05, 0.1) is 5.56 Å². The molecule has 5 heteroatoms. The first kappa shape index (κ1) is 15.8. The summed E-state index contributed by atoms with van der Waals surface area (Å²) in [7, 11) is 0. The summed E-state index contributed by atoms with van der Waals surface area (Å²) in [5, 5.41) is 3.53. The Morgan fingerprint density at radius 1 is 1.30 bits per heavy atom. The van der Waals surface area contributed by atoms with Crippen LogP contribution in [0.25, 0.3) is 0 Å². The molecule has 1 N–H and O–H groups in total. The Morgan fingerprint density at radius 3 is 2.80 bits per heavy atom. The van der Waals surface area contributed by atoms with Gasteiger partial charge in [-0.1, -0.05) is 18.0 Å². The number of carbonyl (C=O) groups is 1. The number of amides is 1. The van der Waals surface area contributed by atoms with Crippen molar-refractivity contribution < 1.29 is 4.79 Å². The largest absolute Gasteiger partial charge is 0.352 e. The van der Waals surface area contributed by atoms with Crippen molar-refractivity contribution in [2.75, 3.05) is 26.2 Å². The summed E-state index contributed by atoms with van der Waals surface area (Å²) in [4.78, 5) is 14.5. The molecule has 1 saturated heterocycles. The average molecular weight is 360 g/mol. The number of nitrogens with one attached hydrogen (secondary N) is 1. The molecule has 0 saturated carbocycles. The molecule has 0 atom stereocenters. The van der Waals surface area contributed by atoms with Gasteiger partial charge in [0.2, 0.25) is 0 Å². The number of nitrogens with zero attached hydrogens (tertiary/aromatic N) is 1. The lowest BCUT2D eigenvalue weighted by atomic mass is 10.1. The van der Waals surface area contributed by atoms with E-state index in [0.717, 1.165) is 17.4 Å². The van der Waals surface area contributed by atoms with Crippen LogP contribution in [0.1, 0.15) is 36.0 Å². The molecule has 0 bridgehead atoms. The Hall–Kier alpha value is -0.580. The number of rotatable bonds is 5. The fourth-order valence-corrected chi connectivity index (χ4v) is 3.05. The molecule has 1 amide bonds. The molecule has 0 aromatic heterocycles. The summed E-state index contributed by atoms with van der Waals surface area (Å²) in [5.41, 5.74) is 0.593. The summed E-state index contributed by atoms with van der Waals surface area (Å²) in [6, 6.07) is 5.25. The van der Waals surface area contributed by atoms with Gasteiger partial charge in [0, 0.05) is 16.0 Å². The Labute approximate surface area is 133 Å². The van der Waals surface area contributed by atoms with Crippen molar-refractivity contribution in [3.63, 3.8) is 0 Å². The molecule has 1 heterocycles. The van der Waals surface area contributed by atoms with Gasteiger partial charge >= 0.3 is 0 Å². The maximum Gasteiger partial charge on any atom is 0.252 e. The Bertz CT molecular complexity index is 461.